The van der Waals surface area contributed by atoms with E-state index < -0.39 is 5.91 Å². The molecule has 6 nitrogen and oxygen atoms in total. The van der Waals surface area contributed by atoms with Crippen molar-refractivity contribution in [2.75, 3.05) is 12.4 Å². The van der Waals surface area contributed by atoms with E-state index in [0.29, 0.717) is 11.3 Å². The maximum absolute atomic E-state index is 12.5. The number of methoxy groups -OCH3 is 1. The zero-order chi connectivity index (χ0) is 20.1. The van der Waals surface area contributed by atoms with Gasteiger partial charge in [0.2, 0.25) is 0 Å². The Kier molecular flexibility index (Phi) is 5.92. The number of hydrogen-bond donors (Lipinski definition) is 1. The second-order valence-corrected chi connectivity index (χ2v) is 6.85. The second-order valence-electron chi connectivity index (χ2n) is 5.94. The highest BCUT2D eigenvalue weighted by Crippen LogP contribution is 2.24. The van der Waals surface area contributed by atoms with Crippen molar-refractivity contribution < 1.29 is 14.3 Å². The first kappa shape index (κ1) is 19.4. The Morgan fingerprint density at radius 2 is 1.93 bits per heavy atom. The smallest absolute Gasteiger partial charge is 0.325 e. The Morgan fingerprint density at radius 1 is 1.21 bits per heavy atom. The van der Waals surface area contributed by atoms with Gasteiger partial charge in [0, 0.05) is 32.8 Å². The molecule has 2 aromatic carbocycles. The number of para-hydroxylation sites is 1. The Hall–Kier alpha value is -3.37. The first-order valence-electron chi connectivity index (χ1n) is 8.35. The molecule has 1 aromatic heterocycles. The molecule has 0 aliphatic heterocycles. The van der Waals surface area contributed by atoms with Crippen molar-refractivity contribution in [3.05, 3.63) is 70.3 Å². The standard InChI is InChI=1S/C21H16BrN3O3/c1-28-20(26)13-25-12-15(18-4-2-3-5-19(18)25)10-14(11-23)21(27)24-17-8-6-16(22)7-9-17/h2-10,12H,13H2,1H3,(H,24,27)/b14-10-. The molecule has 0 unspecified atom stereocenters. The van der Waals surface area contributed by atoms with Crippen molar-refractivity contribution in [1.29, 1.82) is 5.26 Å². The Morgan fingerprint density at radius 3 is 2.61 bits per heavy atom. The van der Waals surface area contributed by atoms with Crippen molar-refractivity contribution in [3.63, 3.8) is 0 Å². The zero-order valence-electron chi connectivity index (χ0n) is 15.0. The van der Waals surface area contributed by atoms with E-state index in [-0.39, 0.29) is 18.1 Å². The minimum Gasteiger partial charge on any atom is -0.468 e. The highest BCUT2D eigenvalue weighted by molar-refractivity contribution is 9.10. The topological polar surface area (TPSA) is 84.1 Å². The fourth-order valence-corrected chi connectivity index (χ4v) is 3.02. The third kappa shape index (κ3) is 4.30. The fourth-order valence-electron chi connectivity index (χ4n) is 2.76. The Bertz CT molecular complexity index is 1110. The Balaban J connectivity index is 1.94. The van der Waals surface area contributed by atoms with E-state index in [1.165, 1.54) is 13.2 Å². The Labute approximate surface area is 170 Å². The average Bonchev–Trinajstić information content (AvgIpc) is 3.05. The SMILES string of the molecule is COC(=O)Cn1cc(/C=C(/C#N)C(=O)Nc2ccc(Br)cc2)c2ccccc21. The number of nitrogens with zero attached hydrogens (tertiary/aromatic N) is 2. The summed E-state index contributed by atoms with van der Waals surface area (Å²) >= 11 is 3.33. The van der Waals surface area contributed by atoms with Gasteiger partial charge < -0.3 is 14.6 Å². The number of hydrogen-bond acceptors (Lipinski definition) is 4. The van der Waals surface area contributed by atoms with Crippen LogP contribution in [0, 0.1) is 11.3 Å². The van der Waals surface area contributed by atoms with Crippen molar-refractivity contribution >= 4 is 50.5 Å². The minimum atomic E-state index is -0.505. The number of anilines is 1. The van der Waals surface area contributed by atoms with Crippen LogP contribution in [0.15, 0.2) is 64.8 Å². The van der Waals surface area contributed by atoms with E-state index in [9.17, 15) is 14.9 Å². The van der Waals surface area contributed by atoms with Crippen LogP contribution in [0.4, 0.5) is 5.69 Å². The van der Waals surface area contributed by atoms with Crippen LogP contribution in [0.1, 0.15) is 5.56 Å². The molecular formula is C21H16BrN3O3. The molecular weight excluding hydrogens is 422 g/mol. The van der Waals surface area contributed by atoms with Crippen LogP contribution in [0.3, 0.4) is 0 Å². The number of carbonyl (C=O) groups excluding carboxylic acids is 2. The van der Waals surface area contributed by atoms with Crippen molar-refractivity contribution in [1.82, 2.24) is 4.57 Å². The number of fused-ring (bicyclic) bond motifs is 1. The summed E-state index contributed by atoms with van der Waals surface area (Å²) < 4.78 is 7.35. The maximum atomic E-state index is 12.5. The van der Waals surface area contributed by atoms with Gasteiger partial charge in [-0.25, -0.2) is 0 Å². The van der Waals surface area contributed by atoms with Crippen molar-refractivity contribution in [3.8, 4) is 6.07 Å². The molecule has 3 rings (SSSR count). The van der Waals surface area contributed by atoms with Gasteiger partial charge in [-0.2, -0.15) is 5.26 Å². The number of esters is 1. The fraction of sp³-hybridized carbons (Fsp3) is 0.0952. The molecule has 140 valence electrons. The van der Waals surface area contributed by atoms with E-state index in [1.807, 2.05) is 30.3 Å². The number of rotatable bonds is 5. The summed E-state index contributed by atoms with van der Waals surface area (Å²) in [5, 5.41) is 13.0. The van der Waals surface area contributed by atoms with E-state index in [0.717, 1.165) is 15.4 Å². The van der Waals surface area contributed by atoms with Gasteiger partial charge >= 0.3 is 5.97 Å². The number of nitrogens with one attached hydrogen (secondary N) is 1. The summed E-state index contributed by atoms with van der Waals surface area (Å²) in [7, 11) is 1.33. The summed E-state index contributed by atoms with van der Waals surface area (Å²) in [4.78, 5) is 24.2. The lowest BCUT2D eigenvalue weighted by Gasteiger charge is -2.04. The first-order valence-corrected chi connectivity index (χ1v) is 9.14. The molecule has 0 saturated heterocycles. The van der Waals surface area contributed by atoms with Crippen LogP contribution in [0.2, 0.25) is 0 Å². The van der Waals surface area contributed by atoms with E-state index in [1.54, 1.807) is 35.0 Å². The molecule has 0 spiro atoms. The molecule has 0 saturated carbocycles. The number of amides is 1. The van der Waals surface area contributed by atoms with Gasteiger partial charge in [-0.05, 0) is 36.4 Å². The van der Waals surface area contributed by atoms with Crippen LogP contribution in [0.5, 0.6) is 0 Å². The van der Waals surface area contributed by atoms with Crippen molar-refractivity contribution in [2.24, 2.45) is 0 Å². The maximum Gasteiger partial charge on any atom is 0.325 e. The van der Waals surface area contributed by atoms with E-state index in [2.05, 4.69) is 21.2 Å². The van der Waals surface area contributed by atoms with Gasteiger partial charge in [-0.3, -0.25) is 9.59 Å². The van der Waals surface area contributed by atoms with Crippen LogP contribution >= 0.6 is 15.9 Å². The summed E-state index contributed by atoms with van der Waals surface area (Å²) in [6, 6.07) is 16.5. The summed E-state index contributed by atoms with van der Waals surface area (Å²) in [5.74, 6) is -0.889. The van der Waals surface area contributed by atoms with Gasteiger partial charge in [0.15, 0.2) is 0 Å². The molecule has 0 aliphatic carbocycles. The highest BCUT2D eigenvalue weighted by Gasteiger charge is 2.14. The molecule has 1 N–H and O–H groups in total. The van der Waals surface area contributed by atoms with Gasteiger partial charge in [-0.15, -0.1) is 0 Å². The van der Waals surface area contributed by atoms with Gasteiger partial charge in [0.25, 0.3) is 5.91 Å². The molecule has 1 heterocycles. The zero-order valence-corrected chi connectivity index (χ0v) is 16.6. The number of benzene rings is 2. The lowest BCUT2D eigenvalue weighted by atomic mass is 10.1. The molecule has 7 heteroatoms. The van der Waals surface area contributed by atoms with Gasteiger partial charge in [-0.1, -0.05) is 34.1 Å². The molecule has 3 aromatic rings. The number of ether oxygens (including phenoxy) is 1. The largest absolute Gasteiger partial charge is 0.468 e. The minimum absolute atomic E-state index is 0.0381. The molecule has 0 radical (unpaired) electrons. The lowest BCUT2D eigenvalue weighted by molar-refractivity contribution is -0.141. The first-order chi connectivity index (χ1) is 13.5. The summed E-state index contributed by atoms with van der Waals surface area (Å²) in [5.41, 5.74) is 2.03. The molecule has 0 aliphatic rings. The molecule has 0 bridgehead atoms. The lowest BCUT2D eigenvalue weighted by Crippen LogP contribution is -2.13. The monoisotopic (exact) mass is 437 g/mol. The molecule has 28 heavy (non-hydrogen) atoms. The summed E-state index contributed by atoms with van der Waals surface area (Å²) in [6.45, 7) is 0.0395. The second kappa shape index (κ2) is 8.55. The van der Waals surface area contributed by atoms with Crippen LogP contribution in [0.25, 0.3) is 17.0 Å². The van der Waals surface area contributed by atoms with Crippen LogP contribution < -0.4 is 5.32 Å². The average molecular weight is 438 g/mol. The highest BCUT2D eigenvalue weighted by atomic mass is 79.9. The third-order valence-corrected chi connectivity index (χ3v) is 4.64. The molecule has 0 fully saturated rings. The number of aromatic nitrogens is 1. The molecule has 0 atom stereocenters. The third-order valence-electron chi connectivity index (χ3n) is 4.11. The number of carbonyl (C=O) groups is 2. The van der Waals surface area contributed by atoms with E-state index in [4.69, 9.17) is 4.74 Å². The quantitative estimate of drug-likeness (QED) is 0.369. The van der Waals surface area contributed by atoms with E-state index >= 15 is 0 Å². The van der Waals surface area contributed by atoms with Crippen molar-refractivity contribution in [2.45, 2.75) is 6.54 Å². The summed E-state index contributed by atoms with van der Waals surface area (Å²) in [6.07, 6.45) is 3.25. The van der Waals surface area contributed by atoms with Gasteiger partial charge in [0.05, 0.1) is 7.11 Å². The van der Waals surface area contributed by atoms with Crippen LogP contribution in [-0.2, 0) is 20.9 Å². The molecule has 1 amide bonds. The normalized spacial score (nSPS) is 11.1. The predicted molar refractivity (Wildman–Crippen MR) is 110 cm³/mol. The van der Waals surface area contributed by atoms with Crippen LogP contribution in [-0.4, -0.2) is 23.6 Å². The predicted octanol–water partition coefficient (Wildman–Crippen LogP) is 4.12. The number of nitriles is 1. The van der Waals surface area contributed by atoms with Gasteiger partial charge in [0.1, 0.15) is 18.2 Å². The number of halogens is 1.